The van der Waals surface area contributed by atoms with Crippen LogP contribution in [0.2, 0.25) is 10.0 Å². The third kappa shape index (κ3) is 5.38. The maximum atomic E-state index is 12.8. The minimum atomic E-state index is -0.296. The van der Waals surface area contributed by atoms with Gasteiger partial charge < -0.3 is 4.74 Å². The fourth-order valence-corrected chi connectivity index (χ4v) is 4.61. The van der Waals surface area contributed by atoms with Gasteiger partial charge >= 0.3 is 0 Å². The molecule has 0 spiro atoms. The molecule has 3 aromatic carbocycles. The van der Waals surface area contributed by atoms with Crippen LogP contribution in [-0.4, -0.2) is 16.0 Å². The van der Waals surface area contributed by atoms with Gasteiger partial charge in [-0.3, -0.25) is 14.5 Å². The summed E-state index contributed by atoms with van der Waals surface area (Å²) in [6.07, 6.45) is 1.72. The van der Waals surface area contributed by atoms with Gasteiger partial charge in [-0.15, -0.1) is 0 Å². The van der Waals surface area contributed by atoms with Crippen molar-refractivity contribution in [3.05, 3.63) is 103 Å². The van der Waals surface area contributed by atoms with E-state index in [2.05, 4.69) is 15.9 Å². The summed E-state index contributed by atoms with van der Waals surface area (Å²) in [6, 6.07) is 20.2. The van der Waals surface area contributed by atoms with Crippen molar-refractivity contribution < 1.29 is 14.3 Å². The van der Waals surface area contributed by atoms with Gasteiger partial charge in [0.05, 0.1) is 21.5 Å². The highest BCUT2D eigenvalue weighted by Gasteiger charge is 2.35. The predicted molar refractivity (Wildman–Crippen MR) is 133 cm³/mol. The van der Waals surface area contributed by atoms with Gasteiger partial charge in [-0.25, -0.2) is 0 Å². The predicted octanol–water partition coefficient (Wildman–Crippen LogP) is 7.57. The van der Waals surface area contributed by atoms with Crippen molar-refractivity contribution in [1.82, 2.24) is 4.90 Å². The molecule has 4 rings (SSSR count). The first-order valence-corrected chi connectivity index (χ1v) is 11.9. The van der Waals surface area contributed by atoms with E-state index in [9.17, 15) is 9.59 Å². The second-order valence-electron chi connectivity index (χ2n) is 6.97. The molecule has 8 heteroatoms. The van der Waals surface area contributed by atoms with Crippen LogP contribution in [0, 0.1) is 0 Å². The zero-order chi connectivity index (χ0) is 22.7. The number of halogens is 3. The van der Waals surface area contributed by atoms with E-state index < -0.39 is 0 Å². The molecule has 1 aliphatic rings. The number of carbonyl (C=O) groups excluding carboxylic acids is 2. The first-order chi connectivity index (χ1) is 15.4. The SMILES string of the molecule is O=C1S/C(=C\c2ccc(OCc3ccc(Cl)c(Cl)c3)cc2)C(=O)N1Cc1ccccc1Br. The van der Waals surface area contributed by atoms with Crippen LogP contribution < -0.4 is 4.74 Å². The molecule has 2 amide bonds. The maximum Gasteiger partial charge on any atom is 0.293 e. The molecule has 32 heavy (non-hydrogen) atoms. The number of carbonyl (C=O) groups is 2. The van der Waals surface area contributed by atoms with Crippen LogP contribution >= 0.6 is 50.9 Å². The molecule has 0 saturated carbocycles. The smallest absolute Gasteiger partial charge is 0.293 e. The molecule has 3 aromatic rings. The molecule has 0 radical (unpaired) electrons. The zero-order valence-corrected chi connectivity index (χ0v) is 20.5. The van der Waals surface area contributed by atoms with Crippen LogP contribution in [0.1, 0.15) is 16.7 Å². The summed E-state index contributed by atoms with van der Waals surface area (Å²) >= 11 is 16.4. The fourth-order valence-electron chi connectivity index (χ4n) is 3.04. The Labute approximate surface area is 208 Å². The van der Waals surface area contributed by atoms with E-state index in [0.29, 0.717) is 27.3 Å². The highest BCUT2D eigenvalue weighted by atomic mass is 79.9. The number of nitrogens with zero attached hydrogens (tertiary/aromatic N) is 1. The monoisotopic (exact) mass is 547 g/mol. The lowest BCUT2D eigenvalue weighted by Gasteiger charge is -2.13. The summed E-state index contributed by atoms with van der Waals surface area (Å²) in [5.74, 6) is 0.381. The molecule has 1 aliphatic heterocycles. The number of hydrogen-bond acceptors (Lipinski definition) is 4. The average Bonchev–Trinajstić information content (AvgIpc) is 3.04. The van der Waals surface area contributed by atoms with Crippen LogP contribution in [0.3, 0.4) is 0 Å². The lowest BCUT2D eigenvalue weighted by atomic mass is 10.2. The van der Waals surface area contributed by atoms with Crippen molar-refractivity contribution in [3.63, 3.8) is 0 Å². The maximum absolute atomic E-state index is 12.8. The van der Waals surface area contributed by atoms with Crippen molar-refractivity contribution in [3.8, 4) is 5.75 Å². The van der Waals surface area contributed by atoms with Crippen LogP contribution in [0.25, 0.3) is 6.08 Å². The summed E-state index contributed by atoms with van der Waals surface area (Å²) in [5, 5.41) is 0.704. The molecule has 0 unspecified atom stereocenters. The summed E-state index contributed by atoms with van der Waals surface area (Å²) in [6.45, 7) is 0.578. The summed E-state index contributed by atoms with van der Waals surface area (Å²) in [5.41, 5.74) is 2.58. The van der Waals surface area contributed by atoms with Crippen molar-refractivity contribution in [2.45, 2.75) is 13.2 Å². The highest BCUT2D eigenvalue weighted by Crippen LogP contribution is 2.34. The Morgan fingerprint density at radius 1 is 0.969 bits per heavy atom. The van der Waals surface area contributed by atoms with Gasteiger partial charge in [0, 0.05) is 4.47 Å². The van der Waals surface area contributed by atoms with E-state index in [1.807, 2.05) is 54.6 Å². The van der Waals surface area contributed by atoms with Gasteiger partial charge in [-0.05, 0) is 64.9 Å². The number of hydrogen-bond donors (Lipinski definition) is 0. The van der Waals surface area contributed by atoms with E-state index in [1.165, 1.54) is 4.90 Å². The van der Waals surface area contributed by atoms with Crippen LogP contribution in [0.4, 0.5) is 4.79 Å². The number of imide groups is 1. The molecule has 1 saturated heterocycles. The first kappa shape index (κ1) is 22.9. The van der Waals surface area contributed by atoms with Gasteiger partial charge in [-0.2, -0.15) is 0 Å². The van der Waals surface area contributed by atoms with Gasteiger partial charge in [0.2, 0.25) is 0 Å². The van der Waals surface area contributed by atoms with Crippen LogP contribution in [0.15, 0.2) is 76.1 Å². The van der Waals surface area contributed by atoms with Crippen molar-refractivity contribution in [2.75, 3.05) is 0 Å². The quantitative estimate of drug-likeness (QED) is 0.298. The van der Waals surface area contributed by atoms with Crippen molar-refractivity contribution in [1.29, 1.82) is 0 Å². The molecule has 0 N–H and O–H groups in total. The number of thioether (sulfide) groups is 1. The third-order valence-corrected chi connectivity index (χ3v) is 7.15. The number of ether oxygens (including phenoxy) is 1. The molecular weight excluding hydrogens is 533 g/mol. The van der Waals surface area contributed by atoms with E-state index in [1.54, 1.807) is 18.2 Å². The number of amides is 2. The molecule has 0 aliphatic carbocycles. The van der Waals surface area contributed by atoms with Gasteiger partial charge in [0.1, 0.15) is 12.4 Å². The van der Waals surface area contributed by atoms with Crippen molar-refractivity contribution >= 4 is 68.1 Å². The molecule has 0 bridgehead atoms. The van der Waals surface area contributed by atoms with E-state index in [-0.39, 0.29) is 17.7 Å². The van der Waals surface area contributed by atoms with Gasteiger partial charge in [0.25, 0.3) is 11.1 Å². The van der Waals surface area contributed by atoms with Crippen molar-refractivity contribution in [2.24, 2.45) is 0 Å². The zero-order valence-electron chi connectivity index (χ0n) is 16.6. The van der Waals surface area contributed by atoms with E-state index >= 15 is 0 Å². The van der Waals surface area contributed by atoms with E-state index in [4.69, 9.17) is 27.9 Å². The standard InChI is InChI=1S/C24H16BrCl2NO3S/c25-19-4-2-1-3-17(19)13-28-23(29)22(32-24(28)30)12-15-5-8-18(9-6-15)31-14-16-7-10-20(26)21(27)11-16/h1-12H,13-14H2/b22-12-. The lowest BCUT2D eigenvalue weighted by molar-refractivity contribution is -0.123. The Morgan fingerprint density at radius 3 is 2.44 bits per heavy atom. The van der Waals surface area contributed by atoms with Gasteiger partial charge in [0.15, 0.2) is 0 Å². The topological polar surface area (TPSA) is 46.6 Å². The van der Waals surface area contributed by atoms with Crippen LogP contribution in [-0.2, 0) is 17.9 Å². The molecule has 0 aromatic heterocycles. The molecule has 162 valence electrons. The Bertz CT molecular complexity index is 1210. The minimum absolute atomic E-state index is 0.227. The van der Waals surface area contributed by atoms with E-state index in [0.717, 1.165) is 32.9 Å². The van der Waals surface area contributed by atoms with Crippen LogP contribution in [0.5, 0.6) is 5.75 Å². The second-order valence-corrected chi connectivity index (χ2v) is 9.63. The highest BCUT2D eigenvalue weighted by molar-refractivity contribution is 9.10. The molecule has 1 heterocycles. The minimum Gasteiger partial charge on any atom is -0.489 e. The van der Waals surface area contributed by atoms with Gasteiger partial charge in [-0.1, -0.05) is 75.5 Å². The summed E-state index contributed by atoms with van der Waals surface area (Å²) in [4.78, 5) is 26.8. The molecular formula is C24H16BrCl2NO3S. The second kappa shape index (κ2) is 10.1. The molecule has 0 atom stereocenters. The normalized spacial score (nSPS) is 15.0. The molecule has 4 nitrogen and oxygen atoms in total. The Balaban J connectivity index is 1.41. The largest absolute Gasteiger partial charge is 0.489 e. The first-order valence-electron chi connectivity index (χ1n) is 9.56. The molecule has 1 fully saturated rings. The fraction of sp³-hybridized carbons (Fsp3) is 0.0833. The number of rotatable bonds is 6. The average molecular weight is 549 g/mol. The Hall–Kier alpha value is -2.25. The summed E-state index contributed by atoms with van der Waals surface area (Å²) < 4.78 is 6.64. The third-order valence-electron chi connectivity index (χ3n) is 4.73. The Morgan fingerprint density at radius 2 is 1.72 bits per heavy atom. The number of benzene rings is 3. The lowest BCUT2D eigenvalue weighted by Crippen LogP contribution is -2.27. The summed E-state index contributed by atoms with van der Waals surface area (Å²) in [7, 11) is 0. The Kier molecular flexibility index (Phi) is 7.26.